The third kappa shape index (κ3) is 4.50. The number of likely N-dealkylation sites (tertiary alicyclic amines) is 1. The Bertz CT molecular complexity index is 762. The zero-order chi connectivity index (χ0) is 19.7. The molecule has 7 heteroatoms. The predicted octanol–water partition coefficient (Wildman–Crippen LogP) is 4.32. The van der Waals surface area contributed by atoms with Crippen LogP contribution in [0, 0.1) is 11.3 Å². The average molecular weight is 395 g/mol. The molecule has 3 N–H and O–H groups in total. The van der Waals surface area contributed by atoms with E-state index in [1.807, 2.05) is 6.07 Å². The van der Waals surface area contributed by atoms with Crippen molar-refractivity contribution in [3.63, 3.8) is 0 Å². The minimum absolute atomic E-state index is 0.0210. The summed E-state index contributed by atoms with van der Waals surface area (Å²) in [5.41, 5.74) is 6.14. The summed E-state index contributed by atoms with van der Waals surface area (Å²) >= 11 is 11.9. The Morgan fingerprint density at radius 1 is 1.27 bits per heavy atom. The van der Waals surface area contributed by atoms with E-state index < -0.39 is 5.91 Å². The van der Waals surface area contributed by atoms with Crippen molar-refractivity contribution in [1.29, 1.82) is 5.26 Å². The maximum absolute atomic E-state index is 12.6. The number of anilines is 1. The summed E-state index contributed by atoms with van der Waals surface area (Å²) in [5, 5.41) is 12.9. The molecule has 0 radical (unpaired) electrons. The lowest BCUT2D eigenvalue weighted by molar-refractivity contribution is -0.112. The van der Waals surface area contributed by atoms with Crippen molar-refractivity contribution in [2.24, 2.45) is 5.73 Å². The summed E-state index contributed by atoms with van der Waals surface area (Å²) in [6, 6.07) is 6.85. The van der Waals surface area contributed by atoms with E-state index in [-0.39, 0.29) is 22.7 Å². The lowest BCUT2D eigenvalue weighted by Crippen LogP contribution is -2.61. The molecule has 0 atom stereocenters. The van der Waals surface area contributed by atoms with E-state index in [0.717, 1.165) is 12.8 Å². The van der Waals surface area contributed by atoms with Crippen LogP contribution in [0.25, 0.3) is 0 Å². The van der Waals surface area contributed by atoms with E-state index in [1.54, 1.807) is 24.4 Å². The summed E-state index contributed by atoms with van der Waals surface area (Å²) in [6.45, 7) is 8.26. The van der Waals surface area contributed by atoms with E-state index in [0.29, 0.717) is 15.7 Å². The van der Waals surface area contributed by atoms with Crippen molar-refractivity contribution in [2.45, 2.75) is 57.7 Å². The standard InChI is InChI=1S/C19H24Cl2N4O/c1-18(2)8-13(23)9-19(3,4)25(18)11-12(10-22)17(26)24-14-5-6-15(20)16(21)7-14/h5-7,11,13H,8-9,23H2,1-4H3,(H,24,26)/b12-11-. The van der Waals surface area contributed by atoms with Gasteiger partial charge in [-0.3, -0.25) is 4.79 Å². The summed E-state index contributed by atoms with van der Waals surface area (Å²) in [6.07, 6.45) is 3.19. The monoisotopic (exact) mass is 394 g/mol. The Kier molecular flexibility index (Phi) is 5.92. The zero-order valence-electron chi connectivity index (χ0n) is 15.4. The Hall–Kier alpha value is -1.74. The van der Waals surface area contributed by atoms with Crippen LogP contribution in [0.4, 0.5) is 5.69 Å². The third-order valence-electron chi connectivity index (χ3n) is 4.63. The summed E-state index contributed by atoms with van der Waals surface area (Å²) in [5.74, 6) is -0.493. The number of rotatable bonds is 3. The number of carbonyl (C=O) groups is 1. The second-order valence-electron chi connectivity index (χ2n) is 7.90. The van der Waals surface area contributed by atoms with E-state index in [1.165, 1.54) is 0 Å². The Balaban J connectivity index is 2.29. The van der Waals surface area contributed by atoms with Crippen LogP contribution in [-0.4, -0.2) is 27.9 Å². The van der Waals surface area contributed by atoms with Crippen molar-refractivity contribution in [3.8, 4) is 6.07 Å². The molecule has 1 aliphatic heterocycles. The lowest BCUT2D eigenvalue weighted by Gasteiger charge is -2.54. The zero-order valence-corrected chi connectivity index (χ0v) is 16.9. The van der Waals surface area contributed by atoms with Crippen LogP contribution in [-0.2, 0) is 4.79 Å². The Labute approximate surface area is 164 Å². The minimum atomic E-state index is -0.493. The van der Waals surface area contributed by atoms with Gasteiger partial charge in [-0.05, 0) is 58.7 Å². The molecule has 1 aromatic carbocycles. The molecule has 140 valence electrons. The number of benzene rings is 1. The number of nitrogens with two attached hydrogens (primary N) is 1. The van der Waals surface area contributed by atoms with Crippen molar-refractivity contribution in [2.75, 3.05) is 5.32 Å². The average Bonchev–Trinajstić information content (AvgIpc) is 2.48. The fourth-order valence-electron chi connectivity index (χ4n) is 3.76. The fourth-order valence-corrected chi connectivity index (χ4v) is 4.06. The highest BCUT2D eigenvalue weighted by atomic mass is 35.5. The number of halogens is 2. The predicted molar refractivity (Wildman–Crippen MR) is 106 cm³/mol. The van der Waals surface area contributed by atoms with Crippen molar-refractivity contribution < 1.29 is 4.79 Å². The molecule has 0 unspecified atom stereocenters. The minimum Gasteiger partial charge on any atom is -0.366 e. The van der Waals surface area contributed by atoms with E-state index >= 15 is 0 Å². The molecular formula is C19H24Cl2N4O. The molecule has 1 aromatic rings. The molecule has 1 heterocycles. The topological polar surface area (TPSA) is 82.2 Å². The molecular weight excluding hydrogens is 371 g/mol. The van der Waals surface area contributed by atoms with Crippen LogP contribution in [0.3, 0.4) is 0 Å². The highest BCUT2D eigenvalue weighted by molar-refractivity contribution is 6.42. The maximum atomic E-state index is 12.6. The number of carbonyl (C=O) groups excluding carboxylic acids is 1. The molecule has 0 bridgehead atoms. The summed E-state index contributed by atoms with van der Waals surface area (Å²) in [4.78, 5) is 14.6. The van der Waals surface area contributed by atoms with E-state index in [2.05, 4.69) is 37.9 Å². The second-order valence-corrected chi connectivity index (χ2v) is 8.72. The van der Waals surface area contributed by atoms with Gasteiger partial charge in [0.1, 0.15) is 11.6 Å². The second kappa shape index (κ2) is 7.48. The first kappa shape index (κ1) is 20.6. The largest absolute Gasteiger partial charge is 0.366 e. The fraction of sp³-hybridized carbons (Fsp3) is 0.474. The SMILES string of the molecule is CC1(C)CC(N)CC(C)(C)N1/C=C(/C#N)C(=O)Nc1ccc(Cl)c(Cl)c1. The quantitative estimate of drug-likeness (QED) is 0.590. The number of piperidine rings is 1. The van der Waals surface area contributed by atoms with Crippen LogP contribution in [0.5, 0.6) is 0 Å². The Morgan fingerprint density at radius 2 is 1.85 bits per heavy atom. The van der Waals surface area contributed by atoms with Gasteiger partial charge >= 0.3 is 0 Å². The van der Waals surface area contributed by atoms with Crippen molar-refractivity contribution >= 4 is 34.8 Å². The van der Waals surface area contributed by atoms with Crippen LogP contribution in [0.2, 0.25) is 10.0 Å². The molecule has 0 saturated carbocycles. The first-order chi connectivity index (χ1) is 12.0. The molecule has 5 nitrogen and oxygen atoms in total. The molecule has 1 amide bonds. The van der Waals surface area contributed by atoms with Gasteiger partial charge < -0.3 is 16.0 Å². The normalized spacial score (nSPS) is 19.8. The van der Waals surface area contributed by atoms with Crippen molar-refractivity contribution in [1.82, 2.24) is 4.90 Å². The molecule has 26 heavy (non-hydrogen) atoms. The van der Waals surface area contributed by atoms with E-state index in [4.69, 9.17) is 28.9 Å². The van der Waals surface area contributed by atoms with Crippen LogP contribution in [0.1, 0.15) is 40.5 Å². The molecule has 0 spiro atoms. The molecule has 0 aliphatic carbocycles. The smallest absolute Gasteiger partial charge is 0.267 e. The first-order valence-electron chi connectivity index (χ1n) is 8.39. The maximum Gasteiger partial charge on any atom is 0.267 e. The van der Waals surface area contributed by atoms with Crippen molar-refractivity contribution in [3.05, 3.63) is 40.0 Å². The summed E-state index contributed by atoms with van der Waals surface area (Å²) in [7, 11) is 0. The number of hydrogen-bond acceptors (Lipinski definition) is 4. The highest BCUT2D eigenvalue weighted by Crippen LogP contribution is 2.38. The summed E-state index contributed by atoms with van der Waals surface area (Å²) < 4.78 is 0. The molecule has 1 aliphatic rings. The van der Waals surface area contributed by atoms with Gasteiger partial charge in [-0.15, -0.1) is 0 Å². The van der Waals surface area contributed by atoms with Gasteiger partial charge in [0.25, 0.3) is 5.91 Å². The number of nitrogens with one attached hydrogen (secondary N) is 1. The Morgan fingerprint density at radius 3 is 2.35 bits per heavy atom. The van der Waals surface area contributed by atoms with Gasteiger partial charge in [0.2, 0.25) is 0 Å². The van der Waals surface area contributed by atoms with E-state index in [9.17, 15) is 10.1 Å². The molecule has 0 aromatic heterocycles. The molecule has 2 rings (SSSR count). The lowest BCUT2D eigenvalue weighted by atomic mass is 9.77. The number of hydrogen-bond donors (Lipinski definition) is 2. The van der Waals surface area contributed by atoms with Crippen LogP contribution in [0.15, 0.2) is 30.0 Å². The van der Waals surface area contributed by atoms with Gasteiger partial charge in [-0.2, -0.15) is 5.26 Å². The van der Waals surface area contributed by atoms with Gasteiger partial charge in [0.05, 0.1) is 10.0 Å². The van der Waals surface area contributed by atoms with Crippen LogP contribution < -0.4 is 11.1 Å². The number of nitrogens with zero attached hydrogens (tertiary/aromatic N) is 2. The first-order valence-corrected chi connectivity index (χ1v) is 9.15. The third-order valence-corrected chi connectivity index (χ3v) is 5.37. The van der Waals surface area contributed by atoms with Gasteiger partial charge in [0, 0.05) is 29.0 Å². The van der Waals surface area contributed by atoms with Gasteiger partial charge in [-0.25, -0.2) is 0 Å². The van der Waals surface area contributed by atoms with Crippen LogP contribution >= 0.6 is 23.2 Å². The van der Waals surface area contributed by atoms with Gasteiger partial charge in [-0.1, -0.05) is 23.2 Å². The van der Waals surface area contributed by atoms with Gasteiger partial charge in [0.15, 0.2) is 0 Å². The molecule has 1 saturated heterocycles. The number of amides is 1. The highest BCUT2D eigenvalue weighted by Gasteiger charge is 2.43. The number of nitriles is 1. The molecule has 1 fully saturated rings.